The van der Waals surface area contributed by atoms with E-state index in [0.29, 0.717) is 12.5 Å². The fourth-order valence-corrected chi connectivity index (χ4v) is 1.86. The molecule has 0 radical (unpaired) electrons. The fraction of sp³-hybridized carbons (Fsp3) is 0.562. The van der Waals surface area contributed by atoms with E-state index in [1.165, 1.54) is 5.56 Å². The second-order valence-corrected chi connectivity index (χ2v) is 6.24. The SMILES string of the molecule is CC(CCNC(=O)[C@H](N)C(C)(C)C)c1ccccc1. The van der Waals surface area contributed by atoms with Crippen LogP contribution in [0.2, 0.25) is 0 Å². The molecule has 1 unspecified atom stereocenters. The van der Waals surface area contributed by atoms with Crippen molar-refractivity contribution in [2.45, 2.75) is 46.1 Å². The first-order chi connectivity index (χ1) is 8.82. The summed E-state index contributed by atoms with van der Waals surface area (Å²) in [5, 5.41) is 2.93. The first-order valence-electron chi connectivity index (χ1n) is 6.90. The number of carbonyl (C=O) groups is 1. The van der Waals surface area contributed by atoms with Crippen molar-refractivity contribution in [1.82, 2.24) is 5.32 Å². The Labute approximate surface area is 116 Å². The molecule has 1 aromatic carbocycles. The van der Waals surface area contributed by atoms with Crippen LogP contribution in [-0.4, -0.2) is 18.5 Å². The van der Waals surface area contributed by atoms with Gasteiger partial charge in [0.1, 0.15) is 0 Å². The Morgan fingerprint density at radius 1 is 1.26 bits per heavy atom. The number of nitrogens with one attached hydrogen (secondary N) is 1. The van der Waals surface area contributed by atoms with E-state index in [0.717, 1.165) is 6.42 Å². The van der Waals surface area contributed by atoms with Gasteiger partial charge < -0.3 is 11.1 Å². The highest BCUT2D eigenvalue weighted by Crippen LogP contribution is 2.19. The second-order valence-electron chi connectivity index (χ2n) is 6.24. The van der Waals surface area contributed by atoms with Gasteiger partial charge in [-0.2, -0.15) is 0 Å². The molecule has 0 heterocycles. The number of benzene rings is 1. The molecule has 3 N–H and O–H groups in total. The molecule has 0 bridgehead atoms. The van der Waals surface area contributed by atoms with Crippen molar-refractivity contribution in [2.24, 2.45) is 11.1 Å². The Bertz CT molecular complexity index is 395. The van der Waals surface area contributed by atoms with Crippen LogP contribution in [0.25, 0.3) is 0 Å². The maximum atomic E-state index is 11.9. The van der Waals surface area contributed by atoms with E-state index in [4.69, 9.17) is 5.73 Å². The second kappa shape index (κ2) is 6.71. The van der Waals surface area contributed by atoms with Crippen LogP contribution in [0.5, 0.6) is 0 Å². The molecular formula is C16H26N2O. The van der Waals surface area contributed by atoms with Crippen molar-refractivity contribution >= 4 is 5.91 Å². The number of carbonyl (C=O) groups excluding carboxylic acids is 1. The van der Waals surface area contributed by atoms with Crippen LogP contribution in [0, 0.1) is 5.41 Å². The van der Waals surface area contributed by atoms with Gasteiger partial charge in [-0.1, -0.05) is 58.0 Å². The minimum atomic E-state index is -0.459. The number of rotatable bonds is 5. The Kier molecular flexibility index (Phi) is 5.55. The molecule has 1 rings (SSSR count). The maximum Gasteiger partial charge on any atom is 0.237 e. The van der Waals surface area contributed by atoms with Gasteiger partial charge in [0.05, 0.1) is 6.04 Å². The summed E-state index contributed by atoms with van der Waals surface area (Å²) in [4.78, 5) is 11.9. The van der Waals surface area contributed by atoms with E-state index in [-0.39, 0.29) is 11.3 Å². The summed E-state index contributed by atoms with van der Waals surface area (Å²) in [5.74, 6) is 0.375. The molecule has 0 saturated heterocycles. The quantitative estimate of drug-likeness (QED) is 0.857. The molecular weight excluding hydrogens is 236 g/mol. The summed E-state index contributed by atoms with van der Waals surface area (Å²) in [5.41, 5.74) is 7.01. The molecule has 0 spiro atoms. The van der Waals surface area contributed by atoms with Gasteiger partial charge in [-0.25, -0.2) is 0 Å². The lowest BCUT2D eigenvalue weighted by Gasteiger charge is -2.26. The molecule has 106 valence electrons. The summed E-state index contributed by atoms with van der Waals surface area (Å²) in [7, 11) is 0. The topological polar surface area (TPSA) is 55.1 Å². The van der Waals surface area contributed by atoms with Gasteiger partial charge in [0, 0.05) is 6.54 Å². The highest BCUT2D eigenvalue weighted by atomic mass is 16.2. The third-order valence-corrected chi connectivity index (χ3v) is 3.46. The van der Waals surface area contributed by atoms with Gasteiger partial charge in [0.2, 0.25) is 5.91 Å². The van der Waals surface area contributed by atoms with Crippen LogP contribution in [0.15, 0.2) is 30.3 Å². The van der Waals surface area contributed by atoms with Crippen LogP contribution in [0.4, 0.5) is 0 Å². The maximum absolute atomic E-state index is 11.9. The van der Waals surface area contributed by atoms with E-state index in [1.54, 1.807) is 0 Å². The Morgan fingerprint density at radius 2 is 1.84 bits per heavy atom. The molecule has 1 aromatic rings. The van der Waals surface area contributed by atoms with Crippen molar-refractivity contribution in [3.05, 3.63) is 35.9 Å². The zero-order chi connectivity index (χ0) is 14.5. The van der Waals surface area contributed by atoms with Gasteiger partial charge in [-0.05, 0) is 23.3 Å². The van der Waals surface area contributed by atoms with Gasteiger partial charge in [0.25, 0.3) is 0 Å². The molecule has 3 nitrogen and oxygen atoms in total. The molecule has 1 amide bonds. The first kappa shape index (κ1) is 15.7. The van der Waals surface area contributed by atoms with Gasteiger partial charge in [-0.3, -0.25) is 4.79 Å². The van der Waals surface area contributed by atoms with E-state index >= 15 is 0 Å². The average molecular weight is 262 g/mol. The van der Waals surface area contributed by atoms with Gasteiger partial charge in [-0.15, -0.1) is 0 Å². The molecule has 19 heavy (non-hydrogen) atoms. The molecule has 0 saturated carbocycles. The predicted octanol–water partition coefficient (Wildman–Crippen LogP) is 2.67. The third-order valence-electron chi connectivity index (χ3n) is 3.46. The van der Waals surface area contributed by atoms with Crippen LogP contribution >= 0.6 is 0 Å². The molecule has 0 fully saturated rings. The van der Waals surface area contributed by atoms with Gasteiger partial charge in [0.15, 0.2) is 0 Å². The zero-order valence-corrected chi connectivity index (χ0v) is 12.4. The number of hydrogen-bond donors (Lipinski definition) is 2. The Hall–Kier alpha value is -1.35. The molecule has 0 aromatic heterocycles. The van der Waals surface area contributed by atoms with Crippen LogP contribution < -0.4 is 11.1 Å². The monoisotopic (exact) mass is 262 g/mol. The van der Waals surface area contributed by atoms with Crippen molar-refractivity contribution < 1.29 is 4.79 Å². The largest absolute Gasteiger partial charge is 0.355 e. The minimum absolute atomic E-state index is 0.0623. The van der Waals surface area contributed by atoms with E-state index in [1.807, 2.05) is 39.0 Å². The minimum Gasteiger partial charge on any atom is -0.355 e. The van der Waals surface area contributed by atoms with Crippen LogP contribution in [0.3, 0.4) is 0 Å². The van der Waals surface area contributed by atoms with E-state index < -0.39 is 6.04 Å². The normalized spacial score (nSPS) is 14.8. The Morgan fingerprint density at radius 3 is 2.37 bits per heavy atom. The van der Waals surface area contributed by atoms with Crippen molar-refractivity contribution in [2.75, 3.05) is 6.54 Å². The number of nitrogens with two attached hydrogens (primary N) is 1. The summed E-state index contributed by atoms with van der Waals surface area (Å²) in [6, 6.07) is 9.88. The van der Waals surface area contributed by atoms with E-state index in [9.17, 15) is 4.79 Å². The Balaban J connectivity index is 2.37. The highest BCUT2D eigenvalue weighted by molar-refractivity contribution is 5.82. The van der Waals surface area contributed by atoms with Crippen molar-refractivity contribution in [1.29, 1.82) is 0 Å². The molecule has 0 aliphatic heterocycles. The van der Waals surface area contributed by atoms with Crippen LogP contribution in [-0.2, 0) is 4.79 Å². The van der Waals surface area contributed by atoms with Crippen molar-refractivity contribution in [3.63, 3.8) is 0 Å². The summed E-state index contributed by atoms with van der Waals surface area (Å²) < 4.78 is 0. The molecule has 0 aliphatic rings. The van der Waals surface area contributed by atoms with Crippen LogP contribution in [0.1, 0.15) is 45.6 Å². The fourth-order valence-electron chi connectivity index (χ4n) is 1.86. The average Bonchev–Trinajstić information content (AvgIpc) is 2.37. The lowest BCUT2D eigenvalue weighted by molar-refractivity contribution is -0.124. The lowest BCUT2D eigenvalue weighted by atomic mass is 9.87. The van der Waals surface area contributed by atoms with Crippen molar-refractivity contribution in [3.8, 4) is 0 Å². The number of hydrogen-bond acceptors (Lipinski definition) is 2. The number of amides is 1. The summed E-state index contributed by atoms with van der Waals surface area (Å²) in [6.07, 6.45) is 0.923. The third kappa shape index (κ3) is 5.03. The molecule has 3 heteroatoms. The smallest absolute Gasteiger partial charge is 0.237 e. The molecule has 2 atom stereocenters. The standard InChI is InChI=1S/C16H26N2O/c1-12(13-8-6-5-7-9-13)10-11-18-15(19)14(17)16(2,3)4/h5-9,12,14H,10-11,17H2,1-4H3,(H,18,19)/t12?,14-/m0/s1. The first-order valence-corrected chi connectivity index (χ1v) is 6.90. The predicted molar refractivity (Wildman–Crippen MR) is 79.9 cm³/mol. The van der Waals surface area contributed by atoms with E-state index in [2.05, 4.69) is 24.4 Å². The summed E-state index contributed by atoms with van der Waals surface area (Å²) in [6.45, 7) is 8.77. The van der Waals surface area contributed by atoms with Gasteiger partial charge >= 0.3 is 0 Å². The highest BCUT2D eigenvalue weighted by Gasteiger charge is 2.27. The molecule has 0 aliphatic carbocycles. The lowest BCUT2D eigenvalue weighted by Crippen LogP contribution is -2.48. The summed E-state index contributed by atoms with van der Waals surface area (Å²) >= 11 is 0. The zero-order valence-electron chi connectivity index (χ0n) is 12.4.